The molecule has 1 aliphatic carbocycles. The van der Waals surface area contributed by atoms with Crippen molar-refractivity contribution in [3.8, 4) is 6.07 Å². The molecule has 0 heterocycles. The Bertz CT molecular complexity index is 661. The van der Waals surface area contributed by atoms with Crippen molar-refractivity contribution in [2.24, 2.45) is 5.73 Å². The van der Waals surface area contributed by atoms with Gasteiger partial charge < -0.3 is 5.73 Å². The van der Waals surface area contributed by atoms with E-state index in [1.54, 1.807) is 7.05 Å². The van der Waals surface area contributed by atoms with Crippen LogP contribution in [0.15, 0.2) is 23.1 Å². The third-order valence-electron chi connectivity index (χ3n) is 3.98. The summed E-state index contributed by atoms with van der Waals surface area (Å²) in [5.74, 6) is 0. The maximum Gasteiger partial charge on any atom is 0.244 e. The molecule has 2 N–H and O–H groups in total. The van der Waals surface area contributed by atoms with Crippen LogP contribution >= 0.6 is 11.6 Å². The minimum absolute atomic E-state index is 0.0325. The van der Waals surface area contributed by atoms with Crippen molar-refractivity contribution in [2.45, 2.75) is 42.7 Å². The van der Waals surface area contributed by atoms with E-state index in [0.717, 1.165) is 25.7 Å². The quantitative estimate of drug-likeness (QED) is 0.921. The fourth-order valence-electron chi connectivity index (χ4n) is 2.62. The van der Waals surface area contributed by atoms with Gasteiger partial charge in [-0.1, -0.05) is 11.6 Å². The molecule has 2 rings (SSSR count). The third-order valence-corrected chi connectivity index (χ3v) is 6.16. The van der Waals surface area contributed by atoms with Crippen molar-refractivity contribution in [1.29, 1.82) is 5.26 Å². The molecule has 0 atom stereocenters. The summed E-state index contributed by atoms with van der Waals surface area (Å²) >= 11 is 5.88. The Kier molecular flexibility index (Phi) is 4.89. The lowest BCUT2D eigenvalue weighted by atomic mass is 9.92. The molecule has 5 nitrogen and oxygen atoms in total. The topological polar surface area (TPSA) is 87.2 Å². The molecule has 0 saturated heterocycles. The SMILES string of the molecule is CN(C1CCC(N)CC1)S(=O)(=O)c1cc(Cl)ccc1C#N. The van der Waals surface area contributed by atoms with E-state index in [0.29, 0.717) is 5.02 Å². The first-order valence-corrected chi connectivity index (χ1v) is 8.61. The van der Waals surface area contributed by atoms with E-state index in [2.05, 4.69) is 0 Å². The van der Waals surface area contributed by atoms with Crippen LogP contribution in [-0.2, 0) is 10.0 Å². The number of halogens is 1. The summed E-state index contributed by atoms with van der Waals surface area (Å²) in [6.07, 6.45) is 3.09. The third kappa shape index (κ3) is 3.38. The number of hydrogen-bond donors (Lipinski definition) is 1. The Labute approximate surface area is 130 Å². The molecule has 1 aromatic carbocycles. The largest absolute Gasteiger partial charge is 0.328 e. The van der Waals surface area contributed by atoms with Crippen molar-refractivity contribution in [1.82, 2.24) is 4.31 Å². The zero-order chi connectivity index (χ0) is 15.6. The van der Waals surface area contributed by atoms with Crippen LogP contribution < -0.4 is 5.73 Å². The molecule has 0 aliphatic heterocycles. The zero-order valence-corrected chi connectivity index (χ0v) is 13.4. The molecule has 7 heteroatoms. The van der Waals surface area contributed by atoms with Crippen LogP contribution in [0, 0.1) is 11.3 Å². The van der Waals surface area contributed by atoms with Crippen molar-refractivity contribution < 1.29 is 8.42 Å². The molecule has 0 radical (unpaired) electrons. The molecule has 0 aromatic heterocycles. The number of nitrogens with zero attached hydrogens (tertiary/aromatic N) is 2. The first-order chi connectivity index (χ1) is 9.86. The van der Waals surface area contributed by atoms with Crippen molar-refractivity contribution >= 4 is 21.6 Å². The van der Waals surface area contributed by atoms with Crippen LogP contribution in [0.4, 0.5) is 0 Å². The molecule has 0 spiro atoms. The van der Waals surface area contributed by atoms with Gasteiger partial charge in [-0.3, -0.25) is 0 Å². The van der Waals surface area contributed by atoms with Crippen LogP contribution in [0.5, 0.6) is 0 Å². The summed E-state index contributed by atoms with van der Waals surface area (Å²) in [6, 6.07) is 6.25. The van der Waals surface area contributed by atoms with Gasteiger partial charge in [0.05, 0.1) is 5.56 Å². The van der Waals surface area contributed by atoms with E-state index in [9.17, 15) is 8.42 Å². The first-order valence-electron chi connectivity index (χ1n) is 6.79. The Morgan fingerprint density at radius 2 is 1.95 bits per heavy atom. The van der Waals surface area contributed by atoms with Gasteiger partial charge in [0.25, 0.3) is 0 Å². The van der Waals surface area contributed by atoms with Crippen molar-refractivity contribution in [3.63, 3.8) is 0 Å². The highest BCUT2D eigenvalue weighted by Gasteiger charge is 2.32. The fraction of sp³-hybridized carbons (Fsp3) is 0.500. The normalized spacial score (nSPS) is 23.0. The fourth-order valence-corrected chi connectivity index (χ4v) is 4.44. The molecule has 1 saturated carbocycles. The second-order valence-electron chi connectivity index (χ2n) is 5.34. The lowest BCUT2D eigenvalue weighted by Gasteiger charge is -2.32. The number of benzene rings is 1. The molecule has 0 bridgehead atoms. The predicted octanol–water partition coefficient (Wildman–Crippen LogP) is 2.10. The van der Waals surface area contributed by atoms with Gasteiger partial charge in [0.2, 0.25) is 10.0 Å². The standard InChI is InChI=1S/C14H18ClN3O2S/c1-18(13-6-4-12(17)5-7-13)21(19,20)14-8-11(15)3-2-10(14)9-16/h2-3,8,12-13H,4-7,17H2,1H3. The van der Waals surface area contributed by atoms with Crippen LogP contribution in [-0.4, -0.2) is 31.9 Å². The smallest absolute Gasteiger partial charge is 0.244 e. The molecule has 21 heavy (non-hydrogen) atoms. The number of nitrogens with two attached hydrogens (primary N) is 1. The molecule has 1 fully saturated rings. The summed E-state index contributed by atoms with van der Waals surface area (Å²) in [5, 5.41) is 9.40. The van der Waals surface area contributed by atoms with Crippen molar-refractivity contribution in [2.75, 3.05) is 7.05 Å². The average molecular weight is 328 g/mol. The van der Waals surface area contributed by atoms with Gasteiger partial charge in [-0.05, 0) is 43.9 Å². The van der Waals surface area contributed by atoms with Gasteiger partial charge in [0, 0.05) is 24.2 Å². The zero-order valence-electron chi connectivity index (χ0n) is 11.8. The van der Waals surface area contributed by atoms with Crippen LogP contribution in [0.1, 0.15) is 31.2 Å². The highest BCUT2D eigenvalue weighted by molar-refractivity contribution is 7.89. The lowest BCUT2D eigenvalue weighted by Crippen LogP contribution is -2.42. The number of sulfonamides is 1. The molecular formula is C14H18ClN3O2S. The highest BCUT2D eigenvalue weighted by atomic mass is 35.5. The first kappa shape index (κ1) is 16.2. The monoisotopic (exact) mass is 327 g/mol. The Balaban J connectivity index is 2.34. The summed E-state index contributed by atoms with van der Waals surface area (Å²) in [7, 11) is -2.18. The van der Waals surface area contributed by atoms with Gasteiger partial charge in [-0.15, -0.1) is 0 Å². The molecule has 0 unspecified atom stereocenters. The number of hydrogen-bond acceptors (Lipinski definition) is 4. The average Bonchev–Trinajstić information content (AvgIpc) is 2.47. The molecule has 1 aromatic rings. The van der Waals surface area contributed by atoms with E-state index < -0.39 is 10.0 Å². The lowest BCUT2D eigenvalue weighted by molar-refractivity contribution is 0.268. The molecule has 114 valence electrons. The van der Waals surface area contributed by atoms with Crippen molar-refractivity contribution in [3.05, 3.63) is 28.8 Å². The maximum atomic E-state index is 12.7. The maximum absolute atomic E-state index is 12.7. The van der Waals surface area contributed by atoms with E-state index in [-0.39, 0.29) is 22.5 Å². The summed E-state index contributed by atoms with van der Waals surface area (Å²) in [5.41, 5.74) is 5.96. The van der Waals surface area contributed by atoms with E-state index in [1.807, 2.05) is 6.07 Å². The minimum atomic E-state index is -3.74. The Morgan fingerprint density at radius 1 is 1.33 bits per heavy atom. The van der Waals surface area contributed by atoms with Gasteiger partial charge >= 0.3 is 0 Å². The Hall–Kier alpha value is -1.13. The van der Waals surface area contributed by atoms with Gasteiger partial charge in [-0.25, -0.2) is 8.42 Å². The number of nitriles is 1. The summed E-state index contributed by atoms with van der Waals surface area (Å²) in [6.45, 7) is 0. The molecular weight excluding hydrogens is 310 g/mol. The molecule has 0 amide bonds. The second kappa shape index (κ2) is 6.32. The van der Waals surface area contributed by atoms with Crippen LogP contribution in [0.2, 0.25) is 5.02 Å². The summed E-state index contributed by atoms with van der Waals surface area (Å²) in [4.78, 5) is -0.0325. The van der Waals surface area contributed by atoms with Gasteiger partial charge in [0.15, 0.2) is 0 Å². The van der Waals surface area contributed by atoms with E-state index in [1.165, 1.54) is 22.5 Å². The van der Waals surface area contributed by atoms with Crippen LogP contribution in [0.25, 0.3) is 0 Å². The van der Waals surface area contributed by atoms with E-state index >= 15 is 0 Å². The minimum Gasteiger partial charge on any atom is -0.328 e. The molecule has 1 aliphatic rings. The predicted molar refractivity (Wildman–Crippen MR) is 81.3 cm³/mol. The van der Waals surface area contributed by atoms with E-state index in [4.69, 9.17) is 22.6 Å². The van der Waals surface area contributed by atoms with Crippen LogP contribution in [0.3, 0.4) is 0 Å². The second-order valence-corrected chi connectivity index (χ2v) is 7.74. The highest BCUT2D eigenvalue weighted by Crippen LogP contribution is 2.28. The van der Waals surface area contributed by atoms with Gasteiger partial charge in [-0.2, -0.15) is 9.57 Å². The van der Waals surface area contributed by atoms with Gasteiger partial charge in [0.1, 0.15) is 11.0 Å². The number of rotatable bonds is 3. The summed E-state index contributed by atoms with van der Waals surface area (Å²) < 4.78 is 26.8. The Morgan fingerprint density at radius 3 is 2.52 bits per heavy atom.